The molecule has 202 valence electrons. The van der Waals surface area contributed by atoms with Crippen LogP contribution in [-0.4, -0.2) is 44.8 Å². The standard InChI is InChI=1S/C28H31Cl2N3O4S/c1-18-10-13-22(14-11-18)38(36,37)33(26-15-19(2)9-12-20(26)3)17-27(34)32(21(4)28(35)31-5)16-23-24(29)7-6-8-25(23)30/h6-15,21H,16-17H2,1-5H3,(H,31,35). The number of carbonyl (C=O) groups excluding carboxylic acids is 2. The topological polar surface area (TPSA) is 86.8 Å². The van der Waals surface area contributed by atoms with Gasteiger partial charge in [0.25, 0.3) is 10.0 Å². The van der Waals surface area contributed by atoms with Crippen LogP contribution in [0.15, 0.2) is 65.6 Å². The molecule has 0 radical (unpaired) electrons. The Bertz CT molecular complexity index is 1420. The molecule has 0 spiro atoms. The van der Waals surface area contributed by atoms with Crippen molar-refractivity contribution in [2.75, 3.05) is 17.9 Å². The predicted octanol–water partition coefficient (Wildman–Crippen LogP) is 5.28. The number of aryl methyl sites for hydroxylation is 3. The van der Waals surface area contributed by atoms with E-state index in [-0.39, 0.29) is 11.4 Å². The van der Waals surface area contributed by atoms with E-state index in [1.807, 2.05) is 19.9 Å². The molecule has 0 aliphatic heterocycles. The van der Waals surface area contributed by atoms with Gasteiger partial charge in [-0.15, -0.1) is 0 Å². The number of hydrogen-bond donors (Lipinski definition) is 1. The monoisotopic (exact) mass is 575 g/mol. The van der Waals surface area contributed by atoms with Crippen LogP contribution in [0.25, 0.3) is 0 Å². The van der Waals surface area contributed by atoms with Gasteiger partial charge in [0.05, 0.1) is 10.6 Å². The lowest BCUT2D eigenvalue weighted by Crippen LogP contribution is -2.50. The maximum absolute atomic E-state index is 13.9. The van der Waals surface area contributed by atoms with Crippen molar-refractivity contribution < 1.29 is 18.0 Å². The van der Waals surface area contributed by atoms with Gasteiger partial charge in [0, 0.05) is 29.2 Å². The molecule has 1 atom stereocenters. The zero-order valence-electron chi connectivity index (χ0n) is 22.0. The summed E-state index contributed by atoms with van der Waals surface area (Å²) >= 11 is 12.7. The summed E-state index contributed by atoms with van der Waals surface area (Å²) in [6.07, 6.45) is 0. The molecule has 0 aliphatic carbocycles. The van der Waals surface area contributed by atoms with E-state index in [1.54, 1.807) is 56.3 Å². The second-order valence-corrected chi connectivity index (χ2v) is 11.8. The molecule has 7 nitrogen and oxygen atoms in total. The van der Waals surface area contributed by atoms with Crippen LogP contribution >= 0.6 is 23.2 Å². The van der Waals surface area contributed by atoms with Crippen molar-refractivity contribution in [1.29, 1.82) is 0 Å². The lowest BCUT2D eigenvalue weighted by molar-refractivity contribution is -0.139. The number of benzene rings is 3. The highest BCUT2D eigenvalue weighted by atomic mass is 35.5. The Morgan fingerprint density at radius 3 is 2.08 bits per heavy atom. The van der Waals surface area contributed by atoms with Gasteiger partial charge in [-0.05, 0) is 69.2 Å². The molecule has 38 heavy (non-hydrogen) atoms. The summed E-state index contributed by atoms with van der Waals surface area (Å²) in [7, 11) is -2.68. The van der Waals surface area contributed by atoms with Gasteiger partial charge in [0.1, 0.15) is 12.6 Å². The smallest absolute Gasteiger partial charge is 0.264 e. The Morgan fingerprint density at radius 1 is 0.921 bits per heavy atom. The molecule has 3 aromatic carbocycles. The quantitative estimate of drug-likeness (QED) is 0.376. The summed E-state index contributed by atoms with van der Waals surface area (Å²) in [5, 5.41) is 3.21. The number of carbonyl (C=O) groups is 2. The number of amides is 2. The van der Waals surface area contributed by atoms with Gasteiger partial charge in [0.2, 0.25) is 11.8 Å². The van der Waals surface area contributed by atoms with Crippen molar-refractivity contribution in [3.63, 3.8) is 0 Å². The highest BCUT2D eigenvalue weighted by Crippen LogP contribution is 2.30. The van der Waals surface area contributed by atoms with Gasteiger partial charge in [-0.1, -0.05) is 59.1 Å². The first-order valence-electron chi connectivity index (χ1n) is 12.0. The number of nitrogens with one attached hydrogen (secondary N) is 1. The van der Waals surface area contributed by atoms with Gasteiger partial charge in [-0.3, -0.25) is 13.9 Å². The van der Waals surface area contributed by atoms with Crippen LogP contribution in [0.4, 0.5) is 5.69 Å². The Hall–Kier alpha value is -3.07. The minimum Gasteiger partial charge on any atom is -0.357 e. The van der Waals surface area contributed by atoms with Crippen LogP contribution in [-0.2, 0) is 26.2 Å². The third kappa shape index (κ3) is 6.49. The van der Waals surface area contributed by atoms with Crippen molar-refractivity contribution in [3.05, 3.63) is 93.0 Å². The molecular formula is C28H31Cl2N3O4S. The van der Waals surface area contributed by atoms with Crippen LogP contribution in [0.1, 0.15) is 29.2 Å². The van der Waals surface area contributed by atoms with Crippen LogP contribution in [0, 0.1) is 20.8 Å². The zero-order valence-corrected chi connectivity index (χ0v) is 24.3. The SMILES string of the molecule is CNC(=O)C(C)N(Cc1c(Cl)cccc1Cl)C(=O)CN(c1cc(C)ccc1C)S(=O)(=O)c1ccc(C)cc1. The fourth-order valence-corrected chi connectivity index (χ4v) is 5.97. The maximum atomic E-state index is 13.9. The van der Waals surface area contributed by atoms with Gasteiger partial charge in [0.15, 0.2) is 0 Å². The van der Waals surface area contributed by atoms with Crippen LogP contribution in [0.3, 0.4) is 0 Å². The third-order valence-corrected chi connectivity index (χ3v) is 8.81. The summed E-state index contributed by atoms with van der Waals surface area (Å²) in [5.74, 6) is -1.00. The molecule has 1 unspecified atom stereocenters. The van der Waals surface area contributed by atoms with Gasteiger partial charge >= 0.3 is 0 Å². The minimum absolute atomic E-state index is 0.0526. The van der Waals surface area contributed by atoms with Gasteiger partial charge in [-0.25, -0.2) is 8.42 Å². The van der Waals surface area contributed by atoms with Gasteiger partial charge < -0.3 is 10.2 Å². The van der Waals surface area contributed by atoms with E-state index in [9.17, 15) is 18.0 Å². The van der Waals surface area contributed by atoms with Gasteiger partial charge in [-0.2, -0.15) is 0 Å². The lowest BCUT2D eigenvalue weighted by atomic mass is 10.1. The Balaban J connectivity index is 2.11. The Morgan fingerprint density at radius 2 is 1.50 bits per heavy atom. The summed E-state index contributed by atoms with van der Waals surface area (Å²) in [5.41, 5.74) is 3.25. The number of nitrogens with zero attached hydrogens (tertiary/aromatic N) is 2. The third-order valence-electron chi connectivity index (χ3n) is 6.33. The van der Waals surface area contributed by atoms with Crippen molar-refractivity contribution in [3.8, 4) is 0 Å². The van der Waals surface area contributed by atoms with E-state index < -0.39 is 34.4 Å². The minimum atomic E-state index is -4.15. The van der Waals surface area contributed by atoms with Crippen LogP contribution in [0.2, 0.25) is 10.0 Å². The second kappa shape index (κ2) is 12.2. The molecule has 0 aliphatic rings. The van der Waals surface area contributed by atoms with E-state index in [4.69, 9.17) is 23.2 Å². The average molecular weight is 577 g/mol. The second-order valence-electron chi connectivity index (χ2n) is 9.13. The molecule has 2 amide bonds. The van der Waals surface area contributed by atoms with Crippen LogP contribution < -0.4 is 9.62 Å². The van der Waals surface area contributed by atoms with Crippen molar-refractivity contribution in [2.45, 2.75) is 45.2 Å². The molecule has 0 saturated carbocycles. The summed E-state index contributed by atoms with van der Waals surface area (Å²) < 4.78 is 28.9. The molecule has 1 N–H and O–H groups in total. The van der Waals surface area contributed by atoms with Crippen molar-refractivity contribution in [1.82, 2.24) is 10.2 Å². The first kappa shape index (κ1) is 29.5. The molecule has 0 aromatic heterocycles. The normalized spacial score (nSPS) is 12.1. The lowest BCUT2D eigenvalue weighted by Gasteiger charge is -2.32. The molecule has 10 heteroatoms. The fourth-order valence-electron chi connectivity index (χ4n) is 3.98. The number of likely N-dealkylation sites (N-methyl/N-ethyl adjacent to an activating group) is 1. The fraction of sp³-hybridized carbons (Fsp3) is 0.286. The number of halogens is 2. The largest absolute Gasteiger partial charge is 0.357 e. The summed E-state index contributed by atoms with van der Waals surface area (Å²) in [6, 6.07) is 15.9. The van der Waals surface area contributed by atoms with E-state index >= 15 is 0 Å². The highest BCUT2D eigenvalue weighted by Gasteiger charge is 2.33. The highest BCUT2D eigenvalue weighted by molar-refractivity contribution is 7.92. The van der Waals surface area contributed by atoms with E-state index in [2.05, 4.69) is 5.32 Å². The molecule has 3 aromatic rings. The van der Waals surface area contributed by atoms with Crippen LogP contribution in [0.5, 0.6) is 0 Å². The first-order valence-corrected chi connectivity index (χ1v) is 14.2. The Kier molecular flexibility index (Phi) is 9.46. The first-order chi connectivity index (χ1) is 17.9. The predicted molar refractivity (Wildman–Crippen MR) is 152 cm³/mol. The number of hydrogen-bond acceptors (Lipinski definition) is 4. The molecule has 0 bridgehead atoms. The van der Waals surface area contributed by atoms with E-state index in [0.717, 1.165) is 15.4 Å². The average Bonchev–Trinajstić information content (AvgIpc) is 2.87. The summed E-state index contributed by atoms with van der Waals surface area (Å²) in [4.78, 5) is 27.9. The maximum Gasteiger partial charge on any atom is 0.264 e. The van der Waals surface area contributed by atoms with E-state index in [1.165, 1.54) is 24.1 Å². The molecule has 0 fully saturated rings. The molecule has 0 saturated heterocycles. The Labute approximate surface area is 234 Å². The van der Waals surface area contributed by atoms with Crippen molar-refractivity contribution >= 4 is 50.7 Å². The molecular weight excluding hydrogens is 545 g/mol. The number of anilines is 1. The summed E-state index contributed by atoms with van der Waals surface area (Å²) in [6.45, 7) is 6.44. The van der Waals surface area contributed by atoms with Crippen molar-refractivity contribution in [2.24, 2.45) is 0 Å². The number of rotatable bonds is 9. The van der Waals surface area contributed by atoms with E-state index in [0.29, 0.717) is 26.9 Å². The number of sulfonamides is 1. The zero-order chi connectivity index (χ0) is 28.2. The molecule has 0 heterocycles. The molecule has 3 rings (SSSR count).